The number of benzene rings is 3. The van der Waals surface area contributed by atoms with Crippen LogP contribution < -0.4 is 15.2 Å². The van der Waals surface area contributed by atoms with E-state index >= 15 is 0 Å². The summed E-state index contributed by atoms with van der Waals surface area (Å²) in [5, 5.41) is 46.7. The second-order valence-electron chi connectivity index (χ2n) is 20.0. The van der Waals surface area contributed by atoms with E-state index in [1.165, 1.54) is 109 Å². The molecular weight excluding hydrogens is 923 g/mol. The Balaban J connectivity index is 1.17. The van der Waals surface area contributed by atoms with Crippen molar-refractivity contribution in [2.24, 2.45) is 5.73 Å². The molecule has 6 rings (SSSR count). The van der Waals surface area contributed by atoms with Crippen molar-refractivity contribution >= 4 is 23.3 Å². The number of nitrogens with two attached hydrogens (primary N) is 1. The molecule has 0 radical (unpaired) electrons. The molecule has 0 amide bonds. The van der Waals surface area contributed by atoms with Gasteiger partial charge >= 0.3 is 5.97 Å². The predicted octanol–water partition coefficient (Wildman–Crippen LogP) is 9.82. The first-order valence-electron chi connectivity index (χ1n) is 26.6. The number of aromatic hydroxyl groups is 2. The fourth-order valence-electron chi connectivity index (χ4n) is 10.2. The third kappa shape index (κ3) is 14.0. The van der Waals surface area contributed by atoms with Crippen molar-refractivity contribution in [2.75, 3.05) is 26.9 Å². The predicted molar refractivity (Wildman–Crippen MR) is 271 cm³/mol. The molecule has 3 aromatic rings. The Bertz CT molecular complexity index is 2300. The van der Waals surface area contributed by atoms with Gasteiger partial charge in [0.25, 0.3) is 0 Å². The van der Waals surface area contributed by atoms with Gasteiger partial charge in [-0.2, -0.15) is 0 Å². The van der Waals surface area contributed by atoms with E-state index in [1.807, 2.05) is 0 Å². The fraction of sp³-hybridized carbons (Fsp3) is 0.614. The van der Waals surface area contributed by atoms with E-state index in [0.717, 1.165) is 37.7 Å². The number of rotatable bonds is 30. The number of ether oxygens (including phenoxy) is 6. The zero-order valence-electron chi connectivity index (χ0n) is 43.0. The molecule has 3 aliphatic rings. The number of carbonyl (C=O) groups is 4. The van der Waals surface area contributed by atoms with Crippen LogP contribution in [0.15, 0.2) is 36.4 Å². The summed E-state index contributed by atoms with van der Waals surface area (Å²) in [5.41, 5.74) is 3.12. The molecular formula is C57H79NO14. The first-order chi connectivity index (χ1) is 34.7. The third-order valence-electron chi connectivity index (χ3n) is 14.5. The van der Waals surface area contributed by atoms with Gasteiger partial charge < -0.3 is 54.6 Å². The molecule has 1 heterocycles. The minimum Gasteiger partial charge on any atom is -0.507 e. The molecule has 6 N–H and O–H groups in total. The molecule has 6 atom stereocenters. The minimum absolute atomic E-state index is 0.0316. The Morgan fingerprint density at radius 2 is 1.39 bits per heavy atom. The van der Waals surface area contributed by atoms with Gasteiger partial charge in [0.2, 0.25) is 11.6 Å². The number of phenolic OH excluding ortho intramolecular Hbond substituents is 2. The molecule has 0 bridgehead atoms. The van der Waals surface area contributed by atoms with Crippen molar-refractivity contribution in [2.45, 2.75) is 198 Å². The van der Waals surface area contributed by atoms with Gasteiger partial charge in [0.15, 0.2) is 18.7 Å². The highest BCUT2D eigenvalue weighted by atomic mass is 16.7. The Labute approximate surface area is 425 Å². The van der Waals surface area contributed by atoms with E-state index in [-0.39, 0.29) is 40.0 Å². The van der Waals surface area contributed by atoms with Crippen LogP contribution >= 0.6 is 0 Å². The zero-order valence-corrected chi connectivity index (χ0v) is 43.0. The molecule has 1 fully saturated rings. The van der Waals surface area contributed by atoms with Crippen LogP contribution in [0, 0.1) is 0 Å². The first kappa shape index (κ1) is 56.4. The van der Waals surface area contributed by atoms with Crippen molar-refractivity contribution in [1.82, 2.24) is 0 Å². The molecule has 3 aromatic carbocycles. The smallest absolute Gasteiger partial charge is 0.338 e. The maximum absolute atomic E-state index is 14.2. The maximum atomic E-state index is 14.2. The first-order valence-corrected chi connectivity index (χ1v) is 26.6. The van der Waals surface area contributed by atoms with Crippen molar-refractivity contribution in [3.8, 4) is 23.0 Å². The second kappa shape index (κ2) is 27.4. The van der Waals surface area contributed by atoms with Crippen molar-refractivity contribution in [3.05, 3.63) is 80.9 Å². The lowest BCUT2D eigenvalue weighted by Gasteiger charge is -2.42. The normalized spacial score (nSPS) is 21.5. The number of aliphatic hydroxyl groups is 2. The fourth-order valence-corrected chi connectivity index (χ4v) is 10.2. The summed E-state index contributed by atoms with van der Waals surface area (Å²) in [6.07, 6.45) is 15.6. The number of unbranched alkanes of at least 4 members (excludes halogenated alkanes) is 16. The highest BCUT2D eigenvalue weighted by Gasteiger charge is 2.50. The number of phenols is 2. The standard InChI is InChI=1S/C57H79NO14/c1-5-7-9-11-13-15-17-19-21-28-68-34-38-27-26-37(30-43(38)69-29-22-20-18-16-14-12-10-8-6-2)56(65)70-35-45(59)57(66)32-40-48(44(33-57)72-46-31-41(58)51(60)36(3)71-46)55(64)50-49(53(40)62)52(61)39-24-23-25-42(67-4)47(39)54(50)63/h23-27,30,36,41,44,46,51,60,62,64,66H,5-22,28-29,31-35,58H2,1-4H3/t36-,41-,44-,46-,51+,57-/m0/s1. The minimum atomic E-state index is -2.40. The average molecular weight is 1000 g/mol. The highest BCUT2D eigenvalue weighted by Crippen LogP contribution is 2.52. The van der Waals surface area contributed by atoms with E-state index in [4.69, 9.17) is 34.2 Å². The summed E-state index contributed by atoms with van der Waals surface area (Å²) in [7, 11) is 1.33. The highest BCUT2D eigenvalue weighted by molar-refractivity contribution is 6.31. The molecule has 15 heteroatoms. The van der Waals surface area contributed by atoms with Gasteiger partial charge in [0, 0.05) is 54.2 Å². The number of fused-ring (bicyclic) bond motifs is 3. The van der Waals surface area contributed by atoms with Crippen LogP contribution in [0.4, 0.5) is 0 Å². The van der Waals surface area contributed by atoms with E-state index in [2.05, 4.69) is 13.8 Å². The summed E-state index contributed by atoms with van der Waals surface area (Å²) < 4.78 is 35.5. The van der Waals surface area contributed by atoms with Gasteiger partial charge in [-0.1, -0.05) is 135 Å². The molecule has 0 saturated carbocycles. The second-order valence-corrected chi connectivity index (χ2v) is 20.0. The summed E-state index contributed by atoms with van der Waals surface area (Å²) in [4.78, 5) is 56.1. The Hall–Kier alpha value is -4.90. The van der Waals surface area contributed by atoms with Crippen LogP contribution in [0.3, 0.4) is 0 Å². The Morgan fingerprint density at radius 3 is 2.01 bits per heavy atom. The summed E-state index contributed by atoms with van der Waals surface area (Å²) in [5.74, 6) is -4.28. The van der Waals surface area contributed by atoms with Crippen molar-refractivity contribution in [1.29, 1.82) is 0 Å². The molecule has 1 saturated heterocycles. The van der Waals surface area contributed by atoms with E-state index in [9.17, 15) is 39.6 Å². The van der Waals surface area contributed by atoms with Crippen LogP contribution in [0.2, 0.25) is 0 Å². The number of aliphatic hydroxyl groups excluding tert-OH is 1. The van der Waals surface area contributed by atoms with Gasteiger partial charge in [-0.15, -0.1) is 0 Å². The number of hydrogen-bond acceptors (Lipinski definition) is 15. The lowest BCUT2D eigenvalue weighted by molar-refractivity contribution is -0.247. The Morgan fingerprint density at radius 1 is 0.778 bits per heavy atom. The van der Waals surface area contributed by atoms with Crippen LogP contribution in [-0.4, -0.2) is 101 Å². The van der Waals surface area contributed by atoms with Crippen LogP contribution in [0.25, 0.3) is 0 Å². The molecule has 2 aliphatic carbocycles. The van der Waals surface area contributed by atoms with Gasteiger partial charge in [0.1, 0.15) is 28.6 Å². The number of carbonyl (C=O) groups excluding carboxylic acids is 4. The Kier molecular flexibility index (Phi) is 21.5. The van der Waals surface area contributed by atoms with E-state index in [1.54, 1.807) is 25.1 Å². The van der Waals surface area contributed by atoms with Gasteiger partial charge in [-0.05, 0) is 38.0 Å². The molecule has 0 unspecified atom stereocenters. The summed E-state index contributed by atoms with van der Waals surface area (Å²) in [6, 6.07) is 8.51. The van der Waals surface area contributed by atoms with Gasteiger partial charge in [0.05, 0.1) is 60.9 Å². The lowest BCUT2D eigenvalue weighted by Crippen LogP contribution is -2.53. The number of esters is 1. The number of hydrogen-bond donors (Lipinski definition) is 5. The molecule has 396 valence electrons. The average Bonchev–Trinajstić information content (AvgIpc) is 3.37. The van der Waals surface area contributed by atoms with Gasteiger partial charge in [-0.3, -0.25) is 14.4 Å². The summed E-state index contributed by atoms with van der Waals surface area (Å²) in [6.45, 7) is 6.46. The van der Waals surface area contributed by atoms with Crippen LogP contribution in [-0.2, 0) is 36.8 Å². The number of ketones is 3. The number of Topliss-reactive ketones (excluding diaryl/α,β-unsaturated/α-hetero) is 1. The monoisotopic (exact) mass is 1000 g/mol. The third-order valence-corrected chi connectivity index (χ3v) is 14.5. The molecule has 0 spiro atoms. The molecule has 72 heavy (non-hydrogen) atoms. The van der Waals surface area contributed by atoms with Gasteiger partial charge in [-0.25, -0.2) is 4.79 Å². The van der Waals surface area contributed by atoms with Crippen molar-refractivity contribution < 1.29 is 68.0 Å². The lowest BCUT2D eigenvalue weighted by atomic mass is 9.72. The summed E-state index contributed by atoms with van der Waals surface area (Å²) >= 11 is 0. The molecule has 0 aromatic heterocycles. The van der Waals surface area contributed by atoms with Crippen LogP contribution in [0.1, 0.15) is 214 Å². The number of methoxy groups -OCH3 is 1. The van der Waals surface area contributed by atoms with Crippen LogP contribution in [0.5, 0.6) is 23.0 Å². The van der Waals surface area contributed by atoms with E-state index < -0.39 is 102 Å². The van der Waals surface area contributed by atoms with E-state index in [0.29, 0.717) is 25.6 Å². The quantitative estimate of drug-likeness (QED) is 0.0186. The molecule has 15 nitrogen and oxygen atoms in total. The largest absolute Gasteiger partial charge is 0.507 e. The SMILES string of the molecule is CCCCCCCCCCCOCc1ccc(C(=O)OCC(=O)[C@]2(O)Cc3c(O)c4c(c(O)c3[C@@H](O[C@H]3C[C@H](N)[C@H](O)[C@H](C)O3)C2)C(=O)c2c(OC)cccc2C4=O)cc1OCCCCCCCCCCC. The topological polar surface area (TPSA) is 231 Å². The zero-order chi connectivity index (χ0) is 51.8. The maximum Gasteiger partial charge on any atom is 0.338 e. The molecule has 1 aliphatic heterocycles. The van der Waals surface area contributed by atoms with Crippen molar-refractivity contribution in [3.63, 3.8) is 0 Å².